The van der Waals surface area contributed by atoms with Gasteiger partial charge in [0.05, 0.1) is 16.8 Å². The number of carbonyl (C=O) groups excluding carboxylic acids is 1. The summed E-state index contributed by atoms with van der Waals surface area (Å²) in [6, 6.07) is 7.36. The molecule has 0 atom stereocenters. The number of carbonyl (C=O) groups is 1. The number of rotatable bonds is 3. The maximum atomic E-state index is 12.0. The molecule has 1 heterocycles. The summed E-state index contributed by atoms with van der Waals surface area (Å²) < 4.78 is 0. The molecule has 102 valence electrons. The molecule has 0 aliphatic carbocycles. The molecule has 0 saturated heterocycles. The second-order valence-corrected chi connectivity index (χ2v) is 4.24. The number of amides is 1. The van der Waals surface area contributed by atoms with Gasteiger partial charge < -0.3 is 11.1 Å². The number of hydrogen-bond acceptors (Lipinski definition) is 5. The predicted molar refractivity (Wildman–Crippen MR) is 74.4 cm³/mol. The normalized spacial score (nSPS) is 10.1. The Morgan fingerprint density at radius 2 is 2.10 bits per heavy atom. The summed E-state index contributed by atoms with van der Waals surface area (Å²) >= 11 is 0. The van der Waals surface area contributed by atoms with E-state index in [0.29, 0.717) is 17.1 Å². The zero-order chi connectivity index (χ0) is 14.7. The number of aromatic nitrogens is 1. The maximum Gasteiger partial charge on any atom is 0.270 e. The first-order valence-corrected chi connectivity index (χ1v) is 5.74. The number of nitrogens with zero attached hydrogens (tertiary/aromatic N) is 2. The Balaban J connectivity index is 2.25. The molecule has 0 bridgehead atoms. The Kier molecular flexibility index (Phi) is 3.60. The van der Waals surface area contributed by atoms with Crippen molar-refractivity contribution in [2.75, 3.05) is 11.1 Å². The molecule has 0 radical (unpaired) electrons. The molecule has 0 aliphatic heterocycles. The Morgan fingerprint density at radius 1 is 1.35 bits per heavy atom. The van der Waals surface area contributed by atoms with Gasteiger partial charge in [0.1, 0.15) is 5.82 Å². The number of nitro benzene ring substituents is 1. The van der Waals surface area contributed by atoms with Crippen molar-refractivity contribution in [1.82, 2.24) is 4.98 Å². The van der Waals surface area contributed by atoms with Crippen LogP contribution in [0.15, 0.2) is 36.5 Å². The van der Waals surface area contributed by atoms with Crippen LogP contribution in [-0.2, 0) is 0 Å². The van der Waals surface area contributed by atoms with E-state index in [4.69, 9.17) is 5.73 Å². The maximum absolute atomic E-state index is 12.0. The summed E-state index contributed by atoms with van der Waals surface area (Å²) in [4.78, 5) is 26.1. The summed E-state index contributed by atoms with van der Waals surface area (Å²) in [6.45, 7) is 1.69. The minimum absolute atomic E-state index is 0.120. The fraction of sp³-hybridized carbons (Fsp3) is 0.0769. The molecule has 0 saturated carbocycles. The fourth-order valence-electron chi connectivity index (χ4n) is 1.68. The predicted octanol–water partition coefficient (Wildman–Crippen LogP) is 2.13. The zero-order valence-electron chi connectivity index (χ0n) is 10.7. The molecule has 0 fully saturated rings. The second-order valence-electron chi connectivity index (χ2n) is 4.24. The Hall–Kier alpha value is -2.96. The van der Waals surface area contributed by atoms with Crippen LogP contribution in [0.25, 0.3) is 0 Å². The molecule has 7 nitrogen and oxygen atoms in total. The number of anilines is 2. The highest BCUT2D eigenvalue weighted by Crippen LogP contribution is 2.18. The third kappa shape index (κ3) is 3.08. The quantitative estimate of drug-likeness (QED) is 0.656. The number of nitrogen functional groups attached to an aromatic ring is 1. The molecule has 20 heavy (non-hydrogen) atoms. The average Bonchev–Trinajstić information content (AvgIpc) is 2.40. The number of benzene rings is 1. The lowest BCUT2D eigenvalue weighted by molar-refractivity contribution is -0.384. The fourth-order valence-corrected chi connectivity index (χ4v) is 1.68. The number of non-ortho nitro benzene ring substituents is 1. The van der Waals surface area contributed by atoms with Gasteiger partial charge in [-0.25, -0.2) is 4.98 Å². The van der Waals surface area contributed by atoms with Crippen LogP contribution >= 0.6 is 0 Å². The highest BCUT2D eigenvalue weighted by atomic mass is 16.6. The van der Waals surface area contributed by atoms with Gasteiger partial charge >= 0.3 is 0 Å². The number of aryl methyl sites for hydroxylation is 1. The van der Waals surface area contributed by atoms with E-state index < -0.39 is 10.8 Å². The highest BCUT2D eigenvalue weighted by Gasteiger charge is 2.13. The van der Waals surface area contributed by atoms with Crippen LogP contribution in [-0.4, -0.2) is 15.8 Å². The van der Waals surface area contributed by atoms with Gasteiger partial charge in [-0.2, -0.15) is 0 Å². The highest BCUT2D eigenvalue weighted by molar-refractivity contribution is 6.04. The first kappa shape index (κ1) is 13.5. The molecule has 1 aromatic heterocycles. The van der Waals surface area contributed by atoms with Gasteiger partial charge in [0, 0.05) is 17.7 Å². The lowest BCUT2D eigenvalue weighted by Gasteiger charge is -2.06. The molecule has 0 unspecified atom stereocenters. The molecule has 2 aromatic rings. The molecule has 1 amide bonds. The van der Waals surface area contributed by atoms with Crippen molar-refractivity contribution in [3.05, 3.63) is 57.8 Å². The second kappa shape index (κ2) is 5.35. The first-order valence-electron chi connectivity index (χ1n) is 5.74. The van der Waals surface area contributed by atoms with Crippen LogP contribution < -0.4 is 11.1 Å². The third-order valence-electron chi connectivity index (χ3n) is 2.58. The van der Waals surface area contributed by atoms with Gasteiger partial charge in [-0.05, 0) is 30.7 Å². The summed E-state index contributed by atoms with van der Waals surface area (Å²) in [7, 11) is 0. The smallest absolute Gasteiger partial charge is 0.270 e. The van der Waals surface area contributed by atoms with Crippen molar-refractivity contribution in [3.8, 4) is 0 Å². The van der Waals surface area contributed by atoms with Gasteiger partial charge in [0.2, 0.25) is 0 Å². The summed E-state index contributed by atoms with van der Waals surface area (Å²) in [6.07, 6.45) is 1.41. The molecular weight excluding hydrogens is 260 g/mol. The Morgan fingerprint density at radius 3 is 2.70 bits per heavy atom. The molecule has 2 rings (SSSR count). The van der Waals surface area contributed by atoms with Crippen LogP contribution in [0.2, 0.25) is 0 Å². The van der Waals surface area contributed by atoms with Gasteiger partial charge in [-0.15, -0.1) is 0 Å². The van der Waals surface area contributed by atoms with E-state index in [-0.39, 0.29) is 11.3 Å². The van der Waals surface area contributed by atoms with Gasteiger partial charge in [0.15, 0.2) is 0 Å². The molecule has 3 N–H and O–H groups in total. The van der Waals surface area contributed by atoms with Crippen molar-refractivity contribution >= 4 is 23.1 Å². The van der Waals surface area contributed by atoms with Crippen LogP contribution in [0.5, 0.6) is 0 Å². The standard InChI is InChI=1S/C13H12N4O3/c1-8-4-9(6-11(5-8)17(19)20)13(18)16-10-2-3-12(14)15-7-10/h2-7H,1H3,(H2,14,15)(H,16,18). The van der Waals surface area contributed by atoms with E-state index in [1.807, 2.05) is 0 Å². The lowest BCUT2D eigenvalue weighted by atomic mass is 10.1. The number of nitrogens with two attached hydrogens (primary N) is 1. The monoisotopic (exact) mass is 272 g/mol. The minimum atomic E-state index is -0.533. The molecular formula is C13H12N4O3. The van der Waals surface area contributed by atoms with Crippen molar-refractivity contribution in [3.63, 3.8) is 0 Å². The van der Waals surface area contributed by atoms with Crippen molar-refractivity contribution in [1.29, 1.82) is 0 Å². The van der Waals surface area contributed by atoms with Crippen LogP contribution in [0.4, 0.5) is 17.2 Å². The van der Waals surface area contributed by atoms with Crippen LogP contribution in [0, 0.1) is 17.0 Å². The minimum Gasteiger partial charge on any atom is -0.384 e. The van der Waals surface area contributed by atoms with Crippen molar-refractivity contribution in [2.45, 2.75) is 6.92 Å². The molecule has 0 aliphatic rings. The van der Waals surface area contributed by atoms with E-state index in [9.17, 15) is 14.9 Å². The van der Waals surface area contributed by atoms with E-state index in [1.54, 1.807) is 25.1 Å². The van der Waals surface area contributed by atoms with Crippen LogP contribution in [0.3, 0.4) is 0 Å². The Labute approximate surface area is 114 Å². The molecule has 7 heteroatoms. The zero-order valence-corrected chi connectivity index (χ0v) is 10.7. The first-order chi connectivity index (χ1) is 9.45. The van der Waals surface area contributed by atoms with Gasteiger partial charge in [0.25, 0.3) is 11.6 Å². The molecule has 0 spiro atoms. The summed E-state index contributed by atoms with van der Waals surface area (Å²) in [5.74, 6) is -0.0995. The largest absolute Gasteiger partial charge is 0.384 e. The SMILES string of the molecule is Cc1cc(C(=O)Nc2ccc(N)nc2)cc([N+](=O)[O-])c1. The third-order valence-corrected chi connectivity index (χ3v) is 2.58. The van der Waals surface area contributed by atoms with Crippen molar-refractivity contribution in [2.24, 2.45) is 0 Å². The van der Waals surface area contributed by atoms with Crippen LogP contribution in [0.1, 0.15) is 15.9 Å². The average molecular weight is 272 g/mol. The summed E-state index contributed by atoms with van der Waals surface area (Å²) in [5.41, 5.74) is 6.64. The lowest BCUT2D eigenvalue weighted by Crippen LogP contribution is -2.12. The van der Waals surface area contributed by atoms with Gasteiger partial charge in [-0.1, -0.05) is 0 Å². The number of nitro groups is 1. The van der Waals surface area contributed by atoms with E-state index >= 15 is 0 Å². The van der Waals surface area contributed by atoms with Gasteiger partial charge in [-0.3, -0.25) is 14.9 Å². The summed E-state index contributed by atoms with van der Waals surface area (Å²) in [5, 5.41) is 13.4. The molecule has 1 aromatic carbocycles. The van der Waals surface area contributed by atoms with Crippen molar-refractivity contribution < 1.29 is 9.72 Å². The van der Waals surface area contributed by atoms with E-state index in [1.165, 1.54) is 18.3 Å². The number of pyridine rings is 1. The number of nitrogens with one attached hydrogen (secondary N) is 1. The van der Waals surface area contributed by atoms with E-state index in [2.05, 4.69) is 10.3 Å². The Bertz CT molecular complexity index is 668. The number of hydrogen-bond donors (Lipinski definition) is 2. The van der Waals surface area contributed by atoms with E-state index in [0.717, 1.165) is 0 Å². The topological polar surface area (TPSA) is 111 Å².